The Kier molecular flexibility index (Phi) is 7.38. The van der Waals surface area contributed by atoms with Crippen LogP contribution in [0.1, 0.15) is 0 Å². The number of rotatable bonds is 6. The van der Waals surface area contributed by atoms with E-state index in [-0.39, 0.29) is 0 Å². The third-order valence-corrected chi connectivity index (χ3v) is 10.5. The van der Waals surface area contributed by atoms with Gasteiger partial charge in [-0.25, -0.2) is 19.9 Å². The minimum Gasteiger partial charge on any atom is -0.436 e. The summed E-state index contributed by atoms with van der Waals surface area (Å²) in [5, 5.41) is 4.59. The van der Waals surface area contributed by atoms with E-state index in [4.69, 9.17) is 24.4 Å². The zero-order chi connectivity index (χ0) is 37.0. The highest BCUT2D eigenvalue weighted by atomic mass is 16.3. The van der Waals surface area contributed by atoms with E-state index in [1.54, 1.807) is 0 Å². The van der Waals surface area contributed by atoms with Crippen LogP contribution in [-0.2, 0) is 0 Å². The standard InChI is InChI=1S/C50H31N5O/c1-3-12-34(13-4-1)47-52-48(35-14-5-2-6-15-35)54-49(53-47)37-25-23-33-22-24-36(30-38(33)31-37)32-26-28-39(29-27-32)55-44-20-9-7-16-40(44)41-17-11-18-42(46(41)55)50-51-43-19-8-10-21-45(43)56-50/h1-31H. The van der Waals surface area contributed by atoms with Gasteiger partial charge in [0.05, 0.1) is 16.6 Å². The molecule has 0 spiro atoms. The van der Waals surface area contributed by atoms with Crippen LogP contribution in [-0.4, -0.2) is 24.5 Å². The summed E-state index contributed by atoms with van der Waals surface area (Å²) in [5.74, 6) is 2.54. The first kappa shape index (κ1) is 31.8. The van der Waals surface area contributed by atoms with Crippen molar-refractivity contribution in [3.63, 3.8) is 0 Å². The molecule has 6 nitrogen and oxygen atoms in total. The lowest BCUT2D eigenvalue weighted by molar-refractivity contribution is 0.620. The normalized spacial score (nSPS) is 11.6. The minimum atomic E-state index is 0.609. The van der Waals surface area contributed by atoms with Crippen LogP contribution in [0, 0.1) is 0 Å². The van der Waals surface area contributed by atoms with Gasteiger partial charge < -0.3 is 8.98 Å². The molecule has 0 fully saturated rings. The number of nitrogens with zero attached hydrogens (tertiary/aromatic N) is 5. The molecular formula is C50H31N5O. The molecule has 262 valence electrons. The molecule has 3 aromatic heterocycles. The summed E-state index contributed by atoms with van der Waals surface area (Å²) < 4.78 is 8.64. The molecule has 11 aromatic rings. The lowest BCUT2D eigenvalue weighted by atomic mass is 9.99. The lowest BCUT2D eigenvalue weighted by Gasteiger charge is -2.12. The number of hydrogen-bond acceptors (Lipinski definition) is 5. The predicted octanol–water partition coefficient (Wildman–Crippen LogP) is 12.6. The van der Waals surface area contributed by atoms with E-state index in [9.17, 15) is 0 Å². The number of benzene rings is 8. The Morgan fingerprint density at radius 3 is 1.71 bits per heavy atom. The van der Waals surface area contributed by atoms with Crippen LogP contribution in [0.25, 0.3) is 106 Å². The molecule has 0 saturated carbocycles. The van der Waals surface area contributed by atoms with Crippen LogP contribution in [0.5, 0.6) is 0 Å². The second-order valence-corrected chi connectivity index (χ2v) is 13.9. The fourth-order valence-electron chi connectivity index (χ4n) is 7.75. The van der Waals surface area contributed by atoms with Crippen molar-refractivity contribution in [2.24, 2.45) is 0 Å². The lowest BCUT2D eigenvalue weighted by Crippen LogP contribution is -2.00. The van der Waals surface area contributed by atoms with E-state index in [1.165, 1.54) is 5.39 Å². The van der Waals surface area contributed by atoms with E-state index in [0.717, 1.165) is 77.4 Å². The second kappa shape index (κ2) is 13.0. The van der Waals surface area contributed by atoms with Crippen molar-refractivity contribution in [3.8, 4) is 62.4 Å². The summed E-state index contributed by atoms with van der Waals surface area (Å²) in [6.07, 6.45) is 0. The van der Waals surface area contributed by atoms with Gasteiger partial charge in [0.1, 0.15) is 5.52 Å². The Labute approximate surface area is 322 Å². The van der Waals surface area contributed by atoms with Gasteiger partial charge in [0.25, 0.3) is 0 Å². The third-order valence-electron chi connectivity index (χ3n) is 10.5. The zero-order valence-corrected chi connectivity index (χ0v) is 30.0. The Morgan fingerprint density at radius 2 is 0.982 bits per heavy atom. The maximum absolute atomic E-state index is 6.31. The fourth-order valence-corrected chi connectivity index (χ4v) is 7.75. The molecule has 0 atom stereocenters. The largest absolute Gasteiger partial charge is 0.436 e. The maximum atomic E-state index is 6.31. The Balaban J connectivity index is 0.994. The molecule has 6 heteroatoms. The van der Waals surface area contributed by atoms with Gasteiger partial charge >= 0.3 is 0 Å². The SMILES string of the molecule is c1ccc(-c2nc(-c3ccccc3)nc(-c3ccc4ccc(-c5ccc(-n6c7ccccc7c7cccc(-c8nc9ccccc9o8)c76)cc5)cc4c3)n2)cc1. The minimum absolute atomic E-state index is 0.609. The first-order chi connectivity index (χ1) is 27.7. The molecule has 56 heavy (non-hydrogen) atoms. The van der Waals surface area contributed by atoms with Crippen LogP contribution in [0.15, 0.2) is 192 Å². The summed E-state index contributed by atoms with van der Waals surface area (Å²) >= 11 is 0. The number of para-hydroxylation sites is 4. The Bertz CT molecular complexity index is 3150. The summed E-state index contributed by atoms with van der Waals surface area (Å²) in [4.78, 5) is 19.7. The predicted molar refractivity (Wildman–Crippen MR) is 226 cm³/mol. The number of aromatic nitrogens is 5. The molecule has 8 aromatic carbocycles. The van der Waals surface area contributed by atoms with Gasteiger partial charge in [-0.1, -0.05) is 140 Å². The number of oxazole rings is 1. The average molecular weight is 718 g/mol. The van der Waals surface area contributed by atoms with Gasteiger partial charge in [-0.15, -0.1) is 0 Å². The molecule has 0 bridgehead atoms. The highest BCUT2D eigenvalue weighted by Gasteiger charge is 2.20. The van der Waals surface area contributed by atoms with Crippen LogP contribution in [0.2, 0.25) is 0 Å². The first-order valence-corrected chi connectivity index (χ1v) is 18.6. The zero-order valence-electron chi connectivity index (χ0n) is 30.0. The molecule has 0 aliphatic rings. The van der Waals surface area contributed by atoms with Crippen molar-refractivity contribution < 1.29 is 4.42 Å². The smallest absolute Gasteiger partial charge is 0.229 e. The van der Waals surface area contributed by atoms with Crippen molar-refractivity contribution in [3.05, 3.63) is 188 Å². The van der Waals surface area contributed by atoms with Crippen molar-refractivity contribution in [1.82, 2.24) is 24.5 Å². The van der Waals surface area contributed by atoms with Crippen LogP contribution in [0.3, 0.4) is 0 Å². The van der Waals surface area contributed by atoms with E-state index in [1.807, 2.05) is 84.9 Å². The molecule has 0 aliphatic heterocycles. The van der Waals surface area contributed by atoms with E-state index >= 15 is 0 Å². The Hall–Kier alpha value is -7.70. The fraction of sp³-hybridized carbons (Fsp3) is 0. The average Bonchev–Trinajstić information content (AvgIpc) is 3.86. The quantitative estimate of drug-likeness (QED) is 0.171. The molecule has 0 radical (unpaired) electrons. The van der Waals surface area contributed by atoms with Crippen LogP contribution >= 0.6 is 0 Å². The van der Waals surface area contributed by atoms with Gasteiger partial charge in [0.2, 0.25) is 5.89 Å². The van der Waals surface area contributed by atoms with E-state index in [2.05, 4.69) is 108 Å². The van der Waals surface area contributed by atoms with Gasteiger partial charge in [-0.2, -0.15) is 0 Å². The Morgan fingerprint density at radius 1 is 0.393 bits per heavy atom. The molecule has 0 aliphatic carbocycles. The van der Waals surface area contributed by atoms with Crippen LogP contribution < -0.4 is 0 Å². The molecule has 11 rings (SSSR count). The number of hydrogen-bond donors (Lipinski definition) is 0. The molecule has 3 heterocycles. The maximum Gasteiger partial charge on any atom is 0.229 e. The highest BCUT2D eigenvalue weighted by molar-refractivity contribution is 6.13. The van der Waals surface area contributed by atoms with Crippen molar-refractivity contribution >= 4 is 43.7 Å². The van der Waals surface area contributed by atoms with Crippen molar-refractivity contribution in [1.29, 1.82) is 0 Å². The van der Waals surface area contributed by atoms with Gasteiger partial charge in [0.15, 0.2) is 23.1 Å². The monoisotopic (exact) mass is 717 g/mol. The number of fused-ring (bicyclic) bond motifs is 5. The molecular weight excluding hydrogens is 687 g/mol. The van der Waals surface area contributed by atoms with Crippen LogP contribution in [0.4, 0.5) is 0 Å². The van der Waals surface area contributed by atoms with Gasteiger partial charge in [-0.3, -0.25) is 0 Å². The van der Waals surface area contributed by atoms with Crippen molar-refractivity contribution in [2.45, 2.75) is 0 Å². The summed E-state index contributed by atoms with van der Waals surface area (Å²) in [6.45, 7) is 0. The second-order valence-electron chi connectivity index (χ2n) is 13.9. The first-order valence-electron chi connectivity index (χ1n) is 18.6. The van der Waals surface area contributed by atoms with E-state index in [0.29, 0.717) is 23.4 Å². The van der Waals surface area contributed by atoms with Gasteiger partial charge in [-0.05, 0) is 70.4 Å². The van der Waals surface area contributed by atoms with E-state index < -0.39 is 0 Å². The molecule has 0 amide bonds. The molecule has 0 saturated heterocycles. The highest BCUT2D eigenvalue weighted by Crippen LogP contribution is 2.39. The summed E-state index contributed by atoms with van der Waals surface area (Å²) in [7, 11) is 0. The van der Waals surface area contributed by atoms with Crippen molar-refractivity contribution in [2.75, 3.05) is 0 Å². The summed E-state index contributed by atoms with van der Waals surface area (Å²) in [5.41, 5.74) is 10.9. The topological polar surface area (TPSA) is 69.6 Å². The summed E-state index contributed by atoms with van der Waals surface area (Å²) in [6, 6.07) is 64.8. The molecule has 0 N–H and O–H groups in total. The molecule has 0 unspecified atom stereocenters. The third kappa shape index (κ3) is 5.43. The van der Waals surface area contributed by atoms with Gasteiger partial charge in [0, 0.05) is 33.2 Å².